The van der Waals surface area contributed by atoms with Crippen LogP contribution in [0.5, 0.6) is 0 Å². The zero-order valence-corrected chi connectivity index (χ0v) is 13.9. The van der Waals surface area contributed by atoms with Gasteiger partial charge in [-0.3, -0.25) is 9.59 Å². The van der Waals surface area contributed by atoms with Crippen LogP contribution in [0, 0.1) is 5.92 Å². The minimum Gasteiger partial charge on any atom is -0.398 e. The van der Waals surface area contributed by atoms with E-state index in [2.05, 4.69) is 19.2 Å². The third-order valence-corrected chi connectivity index (χ3v) is 4.57. The van der Waals surface area contributed by atoms with Crippen molar-refractivity contribution in [3.63, 3.8) is 0 Å². The Labute approximate surface area is 138 Å². The third kappa shape index (κ3) is 3.29. The molecule has 2 rings (SSSR count). The van der Waals surface area contributed by atoms with E-state index < -0.39 is 5.91 Å². The average Bonchev–Trinajstić information content (AvgIpc) is 2.82. The number of carbonyl (C=O) groups is 2. The van der Waals surface area contributed by atoms with Crippen molar-refractivity contribution in [2.75, 3.05) is 23.3 Å². The highest BCUT2D eigenvalue weighted by atomic mass is 32.1. The van der Waals surface area contributed by atoms with Crippen LogP contribution in [-0.4, -0.2) is 18.7 Å². The summed E-state index contributed by atoms with van der Waals surface area (Å²) in [5.41, 5.74) is 19.5. The number of benzene rings is 1. The molecular formula is C16H20N4O2S. The number of amides is 1. The number of carbonyl (C=O) groups excluding carboxylic acids is 2. The quantitative estimate of drug-likeness (QED) is 0.478. The fraction of sp³-hybridized carbons (Fsp3) is 0.250. The van der Waals surface area contributed by atoms with E-state index in [4.69, 9.17) is 17.2 Å². The first-order chi connectivity index (χ1) is 10.9. The van der Waals surface area contributed by atoms with E-state index in [9.17, 15) is 9.59 Å². The molecule has 0 aliphatic heterocycles. The van der Waals surface area contributed by atoms with Crippen molar-refractivity contribution in [2.24, 2.45) is 11.7 Å². The zero-order valence-electron chi connectivity index (χ0n) is 13.1. The highest BCUT2D eigenvalue weighted by Gasteiger charge is 2.22. The Morgan fingerprint density at radius 2 is 2.00 bits per heavy atom. The highest BCUT2D eigenvalue weighted by molar-refractivity contribution is 7.20. The predicted molar refractivity (Wildman–Crippen MR) is 95.8 cm³/mol. The molecule has 23 heavy (non-hydrogen) atoms. The molecule has 0 aliphatic carbocycles. The second kappa shape index (κ2) is 6.70. The molecule has 7 heteroatoms. The number of aldehydes is 1. The van der Waals surface area contributed by atoms with E-state index in [1.165, 1.54) is 11.3 Å². The van der Waals surface area contributed by atoms with E-state index >= 15 is 0 Å². The molecule has 0 spiro atoms. The topological polar surface area (TPSA) is 124 Å². The van der Waals surface area contributed by atoms with E-state index in [0.29, 0.717) is 45.4 Å². The number of primary amides is 1. The van der Waals surface area contributed by atoms with Crippen LogP contribution in [0.1, 0.15) is 34.6 Å². The molecule has 0 saturated carbocycles. The molecule has 1 aromatic carbocycles. The Morgan fingerprint density at radius 3 is 2.57 bits per heavy atom. The van der Waals surface area contributed by atoms with Crippen LogP contribution in [0.3, 0.4) is 0 Å². The number of rotatable bonds is 6. The highest BCUT2D eigenvalue weighted by Crippen LogP contribution is 2.44. The van der Waals surface area contributed by atoms with Gasteiger partial charge in [-0.2, -0.15) is 0 Å². The number of hydrogen-bond acceptors (Lipinski definition) is 6. The van der Waals surface area contributed by atoms with Crippen molar-refractivity contribution >= 4 is 39.9 Å². The van der Waals surface area contributed by atoms with E-state index in [-0.39, 0.29) is 11.3 Å². The molecular weight excluding hydrogens is 312 g/mol. The van der Waals surface area contributed by atoms with Gasteiger partial charge in [0.05, 0.1) is 21.8 Å². The van der Waals surface area contributed by atoms with E-state index in [1.54, 1.807) is 18.2 Å². The second-order valence-electron chi connectivity index (χ2n) is 5.61. The van der Waals surface area contributed by atoms with Gasteiger partial charge in [0, 0.05) is 17.7 Å². The number of thiophene rings is 1. The molecule has 2 aromatic rings. The summed E-state index contributed by atoms with van der Waals surface area (Å²) in [4.78, 5) is 23.5. The molecule has 0 unspecified atom stereocenters. The summed E-state index contributed by atoms with van der Waals surface area (Å²) in [5.74, 6) is -0.202. The minimum atomic E-state index is -0.596. The summed E-state index contributed by atoms with van der Waals surface area (Å²) in [7, 11) is 0. The molecule has 1 aromatic heterocycles. The van der Waals surface area contributed by atoms with Gasteiger partial charge in [-0.25, -0.2) is 0 Å². The first kappa shape index (κ1) is 16.8. The van der Waals surface area contributed by atoms with Gasteiger partial charge in [-0.1, -0.05) is 26.0 Å². The molecule has 6 nitrogen and oxygen atoms in total. The maximum atomic E-state index is 11.8. The first-order valence-electron chi connectivity index (χ1n) is 7.16. The smallest absolute Gasteiger partial charge is 0.253 e. The lowest BCUT2D eigenvalue weighted by Crippen LogP contribution is -2.16. The van der Waals surface area contributed by atoms with Crippen LogP contribution in [0.4, 0.5) is 16.4 Å². The van der Waals surface area contributed by atoms with Crippen molar-refractivity contribution in [1.82, 2.24) is 0 Å². The maximum Gasteiger partial charge on any atom is 0.253 e. The number of para-hydroxylation sites is 1. The van der Waals surface area contributed by atoms with Crippen LogP contribution in [0.25, 0.3) is 10.4 Å². The van der Waals surface area contributed by atoms with Crippen LogP contribution < -0.4 is 22.5 Å². The van der Waals surface area contributed by atoms with Crippen LogP contribution >= 0.6 is 11.3 Å². The van der Waals surface area contributed by atoms with Gasteiger partial charge in [0.15, 0.2) is 6.29 Å². The summed E-state index contributed by atoms with van der Waals surface area (Å²) in [6.45, 7) is 4.80. The van der Waals surface area contributed by atoms with Gasteiger partial charge in [-0.05, 0) is 12.0 Å². The maximum absolute atomic E-state index is 11.8. The largest absolute Gasteiger partial charge is 0.398 e. The van der Waals surface area contributed by atoms with Crippen molar-refractivity contribution in [2.45, 2.75) is 13.8 Å². The van der Waals surface area contributed by atoms with Crippen molar-refractivity contribution in [3.8, 4) is 10.4 Å². The monoisotopic (exact) mass is 332 g/mol. The SMILES string of the molecule is CC(C)CNc1sc(-c2cccc(C=O)c2N)c(N)c1C(N)=O. The third-order valence-electron chi connectivity index (χ3n) is 3.37. The molecule has 122 valence electrons. The fourth-order valence-electron chi connectivity index (χ4n) is 2.19. The lowest BCUT2D eigenvalue weighted by atomic mass is 10.0. The van der Waals surface area contributed by atoms with Gasteiger partial charge >= 0.3 is 0 Å². The fourth-order valence-corrected chi connectivity index (χ4v) is 3.37. The molecule has 0 fully saturated rings. The molecule has 0 bridgehead atoms. The number of nitrogens with one attached hydrogen (secondary N) is 1. The number of nitrogens with two attached hydrogens (primary N) is 3. The van der Waals surface area contributed by atoms with Gasteiger partial charge in [-0.15, -0.1) is 11.3 Å². The normalized spacial score (nSPS) is 10.7. The Balaban J connectivity index is 2.58. The van der Waals surface area contributed by atoms with Gasteiger partial charge in [0.2, 0.25) is 0 Å². The summed E-state index contributed by atoms with van der Waals surface area (Å²) in [5, 5.41) is 3.82. The van der Waals surface area contributed by atoms with Gasteiger partial charge < -0.3 is 22.5 Å². The lowest BCUT2D eigenvalue weighted by Gasteiger charge is -2.07. The Hall–Kier alpha value is -2.54. The zero-order chi connectivity index (χ0) is 17.1. The van der Waals surface area contributed by atoms with Crippen LogP contribution in [-0.2, 0) is 0 Å². The molecule has 0 aliphatic rings. The average molecular weight is 332 g/mol. The molecule has 1 amide bonds. The molecule has 0 radical (unpaired) electrons. The van der Waals surface area contributed by atoms with E-state index in [0.717, 1.165) is 0 Å². The predicted octanol–water partition coefficient (Wildman–Crippen LogP) is 2.56. The Kier molecular flexibility index (Phi) is 4.90. The standard InChI is InChI=1S/C16H20N4O2S/c1-8(2)6-20-16-11(15(19)22)13(18)14(23-16)10-5-3-4-9(7-21)12(10)17/h3-5,7-8,20H,6,17-18H2,1-2H3,(H2,19,22). The number of anilines is 3. The minimum absolute atomic E-state index is 0.265. The van der Waals surface area contributed by atoms with Crippen molar-refractivity contribution in [3.05, 3.63) is 29.3 Å². The van der Waals surface area contributed by atoms with Gasteiger partial charge in [0.25, 0.3) is 5.91 Å². The summed E-state index contributed by atoms with van der Waals surface area (Å²) in [6.07, 6.45) is 0.690. The van der Waals surface area contributed by atoms with Crippen LogP contribution in [0.15, 0.2) is 18.2 Å². The summed E-state index contributed by atoms with van der Waals surface area (Å²) in [6, 6.07) is 5.11. The Morgan fingerprint density at radius 1 is 1.30 bits per heavy atom. The summed E-state index contributed by atoms with van der Waals surface area (Å²) < 4.78 is 0. The van der Waals surface area contributed by atoms with Gasteiger partial charge in [0.1, 0.15) is 5.00 Å². The van der Waals surface area contributed by atoms with Crippen LogP contribution in [0.2, 0.25) is 0 Å². The lowest BCUT2D eigenvalue weighted by molar-refractivity contribution is 0.100. The molecule has 1 heterocycles. The van der Waals surface area contributed by atoms with E-state index in [1.807, 2.05) is 0 Å². The number of nitrogen functional groups attached to an aromatic ring is 2. The molecule has 7 N–H and O–H groups in total. The summed E-state index contributed by atoms with van der Waals surface area (Å²) >= 11 is 1.31. The first-order valence-corrected chi connectivity index (χ1v) is 7.98. The number of hydrogen-bond donors (Lipinski definition) is 4. The Bertz CT molecular complexity index is 753. The van der Waals surface area contributed by atoms with Crippen molar-refractivity contribution < 1.29 is 9.59 Å². The second-order valence-corrected chi connectivity index (χ2v) is 6.63. The van der Waals surface area contributed by atoms with Crippen molar-refractivity contribution in [1.29, 1.82) is 0 Å². The molecule has 0 saturated heterocycles. The molecule has 0 atom stereocenters.